The summed E-state index contributed by atoms with van der Waals surface area (Å²) in [5.41, 5.74) is 1.93. The SMILES string of the molecule is O=C1S/C(=C\c2cccn2-c2cccc([N+](=O)[O-])c2)C(=O)N1Cc1cccc(Cl)c1. The molecule has 7 nitrogen and oxygen atoms in total. The molecular formula is C21H14ClN3O4S. The van der Waals surface area contributed by atoms with E-state index in [0.717, 1.165) is 17.3 Å². The molecule has 0 aliphatic carbocycles. The fraction of sp³-hybridized carbons (Fsp3) is 0.0476. The Bertz CT molecular complexity index is 1200. The number of halogens is 1. The standard InChI is InChI=1S/C21H14ClN3O4S/c22-15-5-1-4-14(10-15)13-24-20(26)19(30-21(24)27)12-17-8-3-9-23(17)16-6-2-7-18(11-16)25(28)29/h1-12H,13H2/b19-12-. The number of thioether (sulfide) groups is 1. The van der Waals surface area contributed by atoms with Gasteiger partial charge in [-0.1, -0.05) is 29.8 Å². The van der Waals surface area contributed by atoms with Gasteiger partial charge in [0.2, 0.25) is 0 Å². The molecule has 0 radical (unpaired) electrons. The van der Waals surface area contributed by atoms with E-state index < -0.39 is 10.8 Å². The number of nitro groups is 1. The number of aromatic nitrogens is 1. The van der Waals surface area contributed by atoms with E-state index in [1.54, 1.807) is 65.4 Å². The summed E-state index contributed by atoms with van der Waals surface area (Å²) >= 11 is 6.84. The Morgan fingerprint density at radius 1 is 1.07 bits per heavy atom. The zero-order valence-electron chi connectivity index (χ0n) is 15.4. The Hall–Kier alpha value is -3.36. The quantitative estimate of drug-likeness (QED) is 0.307. The second-order valence-electron chi connectivity index (χ2n) is 6.48. The highest BCUT2D eigenvalue weighted by molar-refractivity contribution is 8.18. The van der Waals surface area contributed by atoms with Crippen molar-refractivity contribution in [3.05, 3.63) is 98.2 Å². The second kappa shape index (κ2) is 8.17. The fourth-order valence-electron chi connectivity index (χ4n) is 3.09. The molecule has 1 fully saturated rings. The van der Waals surface area contributed by atoms with E-state index >= 15 is 0 Å². The predicted octanol–water partition coefficient (Wildman–Crippen LogP) is 5.28. The normalized spacial score (nSPS) is 15.2. The number of amides is 2. The summed E-state index contributed by atoms with van der Waals surface area (Å²) < 4.78 is 1.72. The second-order valence-corrected chi connectivity index (χ2v) is 7.91. The van der Waals surface area contributed by atoms with Crippen molar-refractivity contribution in [2.45, 2.75) is 6.54 Å². The van der Waals surface area contributed by atoms with Gasteiger partial charge in [0, 0.05) is 29.0 Å². The molecule has 3 aromatic rings. The lowest BCUT2D eigenvalue weighted by molar-refractivity contribution is -0.384. The summed E-state index contributed by atoms with van der Waals surface area (Å²) in [5.74, 6) is -0.392. The summed E-state index contributed by atoms with van der Waals surface area (Å²) in [6.07, 6.45) is 3.35. The summed E-state index contributed by atoms with van der Waals surface area (Å²) in [5, 5.41) is 11.2. The average Bonchev–Trinajstić information content (AvgIpc) is 3.28. The molecule has 4 rings (SSSR count). The van der Waals surface area contributed by atoms with Gasteiger partial charge in [0.25, 0.3) is 16.8 Å². The molecule has 1 saturated heterocycles. The molecule has 0 bridgehead atoms. The Morgan fingerprint density at radius 2 is 1.87 bits per heavy atom. The molecule has 1 aliphatic heterocycles. The van der Waals surface area contributed by atoms with Crippen LogP contribution in [0.5, 0.6) is 0 Å². The number of benzene rings is 2. The van der Waals surface area contributed by atoms with Crippen molar-refractivity contribution >= 4 is 46.3 Å². The number of carbonyl (C=O) groups excluding carboxylic acids is 2. The van der Waals surface area contributed by atoms with Crippen LogP contribution in [0.4, 0.5) is 10.5 Å². The first-order valence-electron chi connectivity index (χ1n) is 8.84. The van der Waals surface area contributed by atoms with Crippen LogP contribution in [-0.2, 0) is 11.3 Å². The maximum atomic E-state index is 12.8. The summed E-state index contributed by atoms with van der Waals surface area (Å²) in [6.45, 7) is 0.133. The zero-order chi connectivity index (χ0) is 21.3. The minimum absolute atomic E-state index is 0.0333. The Kier molecular flexibility index (Phi) is 5.43. The summed E-state index contributed by atoms with van der Waals surface area (Å²) in [6, 6.07) is 16.7. The van der Waals surface area contributed by atoms with Crippen LogP contribution >= 0.6 is 23.4 Å². The van der Waals surface area contributed by atoms with Gasteiger partial charge in [-0.2, -0.15) is 0 Å². The number of rotatable bonds is 5. The van der Waals surface area contributed by atoms with E-state index in [9.17, 15) is 19.7 Å². The molecule has 2 heterocycles. The van der Waals surface area contributed by atoms with E-state index in [4.69, 9.17) is 11.6 Å². The minimum atomic E-state index is -0.464. The Labute approximate surface area is 180 Å². The van der Waals surface area contributed by atoms with E-state index in [1.165, 1.54) is 17.0 Å². The largest absolute Gasteiger partial charge is 0.317 e. The van der Waals surface area contributed by atoms with E-state index in [-0.39, 0.29) is 22.4 Å². The molecular weight excluding hydrogens is 426 g/mol. The van der Waals surface area contributed by atoms with Gasteiger partial charge in [0.1, 0.15) is 0 Å². The lowest BCUT2D eigenvalue weighted by Crippen LogP contribution is -2.27. The van der Waals surface area contributed by atoms with Crippen molar-refractivity contribution in [2.24, 2.45) is 0 Å². The Morgan fingerprint density at radius 3 is 2.63 bits per heavy atom. The van der Waals surface area contributed by atoms with Gasteiger partial charge >= 0.3 is 0 Å². The number of hydrogen-bond acceptors (Lipinski definition) is 5. The van der Waals surface area contributed by atoms with Crippen LogP contribution in [0.25, 0.3) is 11.8 Å². The van der Waals surface area contributed by atoms with Gasteiger partial charge < -0.3 is 4.57 Å². The van der Waals surface area contributed by atoms with Crippen LogP contribution in [0.3, 0.4) is 0 Å². The van der Waals surface area contributed by atoms with Crippen molar-refractivity contribution in [2.75, 3.05) is 0 Å². The van der Waals surface area contributed by atoms with Crippen LogP contribution in [0.15, 0.2) is 71.8 Å². The maximum Gasteiger partial charge on any atom is 0.293 e. The molecule has 0 saturated carbocycles. The summed E-state index contributed by atoms with van der Waals surface area (Å²) in [7, 11) is 0. The number of nitro benzene ring substituents is 1. The maximum absolute atomic E-state index is 12.8. The van der Waals surface area contributed by atoms with Gasteiger partial charge in [-0.3, -0.25) is 24.6 Å². The van der Waals surface area contributed by atoms with E-state index in [2.05, 4.69) is 0 Å². The molecule has 30 heavy (non-hydrogen) atoms. The van der Waals surface area contributed by atoms with Crippen LogP contribution < -0.4 is 0 Å². The number of imide groups is 1. The third kappa shape index (κ3) is 4.00. The van der Waals surface area contributed by atoms with Crippen LogP contribution in [0.1, 0.15) is 11.3 Å². The summed E-state index contributed by atoms with van der Waals surface area (Å²) in [4.78, 5) is 37.3. The Balaban J connectivity index is 1.61. The third-order valence-electron chi connectivity index (χ3n) is 4.48. The number of nitrogens with zero attached hydrogens (tertiary/aromatic N) is 3. The molecule has 1 aromatic heterocycles. The number of non-ortho nitro benzene ring substituents is 1. The molecule has 150 valence electrons. The molecule has 0 atom stereocenters. The molecule has 0 N–H and O–H groups in total. The monoisotopic (exact) mass is 439 g/mol. The lowest BCUT2D eigenvalue weighted by Gasteiger charge is -2.12. The molecule has 1 aliphatic rings. The van der Waals surface area contributed by atoms with Crippen molar-refractivity contribution in [1.82, 2.24) is 9.47 Å². The van der Waals surface area contributed by atoms with Gasteiger partial charge in [0.15, 0.2) is 0 Å². The lowest BCUT2D eigenvalue weighted by atomic mass is 10.2. The average molecular weight is 440 g/mol. The molecule has 2 amide bonds. The highest BCUT2D eigenvalue weighted by Crippen LogP contribution is 2.34. The van der Waals surface area contributed by atoms with E-state index in [1.807, 2.05) is 0 Å². The first-order valence-corrected chi connectivity index (χ1v) is 10.0. The fourth-order valence-corrected chi connectivity index (χ4v) is 4.13. The highest BCUT2D eigenvalue weighted by atomic mass is 35.5. The molecule has 0 unspecified atom stereocenters. The van der Waals surface area contributed by atoms with Crippen LogP contribution in [-0.4, -0.2) is 25.5 Å². The highest BCUT2D eigenvalue weighted by Gasteiger charge is 2.35. The van der Waals surface area contributed by atoms with Gasteiger partial charge in [0.05, 0.1) is 22.1 Å². The third-order valence-corrected chi connectivity index (χ3v) is 5.62. The van der Waals surface area contributed by atoms with Gasteiger partial charge in [-0.05, 0) is 53.7 Å². The molecule has 2 aromatic carbocycles. The number of hydrogen-bond donors (Lipinski definition) is 0. The van der Waals surface area contributed by atoms with Crippen molar-refractivity contribution in [3.8, 4) is 5.69 Å². The first-order chi connectivity index (χ1) is 14.4. The van der Waals surface area contributed by atoms with Crippen LogP contribution in [0.2, 0.25) is 5.02 Å². The van der Waals surface area contributed by atoms with Crippen molar-refractivity contribution in [1.29, 1.82) is 0 Å². The first kappa shape index (κ1) is 19.9. The van der Waals surface area contributed by atoms with Gasteiger partial charge in [-0.15, -0.1) is 0 Å². The van der Waals surface area contributed by atoms with Crippen LogP contribution in [0, 0.1) is 10.1 Å². The zero-order valence-corrected chi connectivity index (χ0v) is 17.0. The smallest absolute Gasteiger partial charge is 0.293 e. The minimum Gasteiger partial charge on any atom is -0.317 e. The topological polar surface area (TPSA) is 85.5 Å². The molecule has 9 heteroatoms. The van der Waals surface area contributed by atoms with Gasteiger partial charge in [-0.25, -0.2) is 0 Å². The van der Waals surface area contributed by atoms with Crippen molar-refractivity contribution in [3.63, 3.8) is 0 Å². The molecule has 0 spiro atoms. The predicted molar refractivity (Wildman–Crippen MR) is 115 cm³/mol. The number of carbonyl (C=O) groups is 2. The van der Waals surface area contributed by atoms with Crippen molar-refractivity contribution < 1.29 is 14.5 Å². The van der Waals surface area contributed by atoms with E-state index in [0.29, 0.717) is 16.4 Å².